The molecule has 11 nitrogen and oxygen atoms in total. The number of nitrogens with two attached hydrogens (primary N) is 2. The summed E-state index contributed by atoms with van der Waals surface area (Å²) in [6, 6.07) is 5.91. The van der Waals surface area contributed by atoms with E-state index in [-0.39, 0.29) is 24.7 Å². The first-order valence-corrected chi connectivity index (χ1v) is 11.4. The molecule has 0 saturated heterocycles. The molecule has 0 spiro atoms. The number of nitrogens with one attached hydrogen (secondary N) is 1. The minimum atomic E-state index is -1.28. The van der Waals surface area contributed by atoms with Gasteiger partial charge >= 0.3 is 11.9 Å². The van der Waals surface area contributed by atoms with E-state index in [1.807, 2.05) is 19.2 Å². The molecule has 0 bridgehead atoms. The second-order valence-corrected chi connectivity index (χ2v) is 8.87. The van der Waals surface area contributed by atoms with Gasteiger partial charge in [0.25, 0.3) is 5.91 Å². The van der Waals surface area contributed by atoms with Crippen molar-refractivity contribution in [3.63, 3.8) is 0 Å². The molecule has 2 heterocycles. The fourth-order valence-electron chi connectivity index (χ4n) is 4.81. The maximum atomic E-state index is 12.7. The second-order valence-electron chi connectivity index (χ2n) is 8.87. The number of nitrogen functional groups attached to an aromatic ring is 2. The zero-order valence-corrected chi connectivity index (χ0v) is 19.3. The van der Waals surface area contributed by atoms with Gasteiger partial charge in [0.1, 0.15) is 11.9 Å². The van der Waals surface area contributed by atoms with Crippen LogP contribution in [0.3, 0.4) is 0 Å². The van der Waals surface area contributed by atoms with E-state index in [0.717, 1.165) is 53.5 Å². The average Bonchev–Trinajstić information content (AvgIpc) is 3.34. The second kappa shape index (κ2) is 9.61. The molecule has 35 heavy (non-hydrogen) atoms. The number of aromatic nitrogens is 3. The van der Waals surface area contributed by atoms with Crippen molar-refractivity contribution in [3.05, 3.63) is 46.8 Å². The summed E-state index contributed by atoms with van der Waals surface area (Å²) in [6.45, 7) is 0. The molecule has 184 valence electrons. The number of anilines is 2. The van der Waals surface area contributed by atoms with E-state index in [1.165, 1.54) is 0 Å². The molecule has 1 amide bonds. The summed E-state index contributed by atoms with van der Waals surface area (Å²) in [5, 5.41) is 21.4. The third-order valence-corrected chi connectivity index (χ3v) is 6.61. The average molecular weight is 481 g/mol. The number of hydrogen-bond donors (Lipinski definition) is 5. The molecule has 1 aliphatic carbocycles. The highest BCUT2D eigenvalue weighted by atomic mass is 16.4. The van der Waals surface area contributed by atoms with Crippen molar-refractivity contribution >= 4 is 40.5 Å². The number of carboxylic acid groups (broad SMARTS) is 2. The fourth-order valence-corrected chi connectivity index (χ4v) is 4.81. The molecule has 4 rings (SSSR count). The maximum Gasteiger partial charge on any atom is 0.326 e. The molecule has 0 radical (unpaired) electrons. The quantitative estimate of drug-likeness (QED) is 0.304. The van der Waals surface area contributed by atoms with Gasteiger partial charge in [-0.2, -0.15) is 4.98 Å². The lowest BCUT2D eigenvalue weighted by Crippen LogP contribution is -2.41. The van der Waals surface area contributed by atoms with E-state index in [4.69, 9.17) is 16.6 Å². The lowest BCUT2D eigenvalue weighted by molar-refractivity contribution is -0.140. The lowest BCUT2D eigenvalue weighted by Gasteiger charge is -2.14. The molecule has 1 aliphatic rings. The van der Waals surface area contributed by atoms with Crippen molar-refractivity contribution in [2.45, 2.75) is 50.5 Å². The minimum absolute atomic E-state index is 0.194. The topological polar surface area (TPSA) is 186 Å². The summed E-state index contributed by atoms with van der Waals surface area (Å²) >= 11 is 0. The summed E-state index contributed by atoms with van der Waals surface area (Å²) < 4.78 is 2.07. The number of fused-ring (bicyclic) bond motifs is 2. The number of rotatable bonds is 9. The molecule has 1 aromatic carbocycles. The number of carbonyl (C=O) groups is 3. The van der Waals surface area contributed by atoms with Crippen molar-refractivity contribution in [2.24, 2.45) is 7.05 Å². The zero-order valence-electron chi connectivity index (χ0n) is 19.3. The molecule has 0 fully saturated rings. The van der Waals surface area contributed by atoms with Crippen LogP contribution >= 0.6 is 0 Å². The number of aryl methyl sites for hydroxylation is 3. The number of amides is 1. The van der Waals surface area contributed by atoms with Gasteiger partial charge in [0.15, 0.2) is 0 Å². The minimum Gasteiger partial charge on any atom is -0.481 e. The molecular weight excluding hydrogens is 452 g/mol. The van der Waals surface area contributed by atoms with Crippen LogP contribution in [0.2, 0.25) is 0 Å². The Morgan fingerprint density at radius 2 is 1.97 bits per heavy atom. The van der Waals surface area contributed by atoms with Crippen molar-refractivity contribution in [1.82, 2.24) is 19.9 Å². The summed E-state index contributed by atoms with van der Waals surface area (Å²) in [4.78, 5) is 43.3. The van der Waals surface area contributed by atoms with Crippen LogP contribution in [-0.4, -0.2) is 48.6 Å². The van der Waals surface area contributed by atoms with Crippen LogP contribution in [0, 0.1) is 0 Å². The summed E-state index contributed by atoms with van der Waals surface area (Å²) in [5.41, 5.74) is 16.1. The van der Waals surface area contributed by atoms with Crippen molar-refractivity contribution in [3.8, 4) is 0 Å². The molecule has 11 heteroatoms. The van der Waals surface area contributed by atoms with E-state index in [1.54, 1.807) is 12.1 Å². The largest absolute Gasteiger partial charge is 0.481 e. The third-order valence-electron chi connectivity index (χ3n) is 6.61. The van der Waals surface area contributed by atoms with Crippen LogP contribution in [0.5, 0.6) is 0 Å². The van der Waals surface area contributed by atoms with Gasteiger partial charge in [-0.05, 0) is 62.3 Å². The monoisotopic (exact) mass is 480 g/mol. The molecule has 7 N–H and O–H groups in total. The van der Waals surface area contributed by atoms with Gasteiger partial charge in [0.2, 0.25) is 5.95 Å². The van der Waals surface area contributed by atoms with E-state index in [0.29, 0.717) is 11.4 Å². The van der Waals surface area contributed by atoms with Crippen LogP contribution in [0.4, 0.5) is 11.8 Å². The van der Waals surface area contributed by atoms with E-state index in [2.05, 4.69) is 19.9 Å². The van der Waals surface area contributed by atoms with Crippen LogP contribution < -0.4 is 16.8 Å². The maximum absolute atomic E-state index is 12.7. The Morgan fingerprint density at radius 3 is 2.69 bits per heavy atom. The Bertz CT molecular complexity index is 1320. The number of carbonyl (C=O) groups excluding carboxylic acids is 1. The number of benzene rings is 1. The third kappa shape index (κ3) is 5.03. The highest BCUT2D eigenvalue weighted by molar-refractivity contribution is 6.00. The molecular formula is C24H28N6O5. The van der Waals surface area contributed by atoms with Gasteiger partial charge in [-0.3, -0.25) is 9.59 Å². The van der Waals surface area contributed by atoms with Gasteiger partial charge < -0.3 is 31.6 Å². The molecule has 2 aromatic heterocycles. The van der Waals surface area contributed by atoms with Gasteiger partial charge in [-0.15, -0.1) is 0 Å². The predicted octanol–water partition coefficient (Wildman–Crippen LogP) is 1.84. The highest BCUT2D eigenvalue weighted by Gasteiger charge is 2.28. The van der Waals surface area contributed by atoms with E-state index in [9.17, 15) is 19.5 Å². The smallest absolute Gasteiger partial charge is 0.326 e. The Balaban J connectivity index is 1.48. The Hall–Kier alpha value is -4.15. The summed E-state index contributed by atoms with van der Waals surface area (Å²) in [5.74, 6) is -2.05. The van der Waals surface area contributed by atoms with Crippen molar-refractivity contribution in [1.29, 1.82) is 0 Å². The first-order valence-electron chi connectivity index (χ1n) is 11.4. The van der Waals surface area contributed by atoms with Crippen LogP contribution in [0.1, 0.15) is 58.9 Å². The number of nitrogens with zero attached hydrogens (tertiary/aromatic N) is 3. The van der Waals surface area contributed by atoms with E-state index < -0.39 is 23.9 Å². The van der Waals surface area contributed by atoms with Crippen molar-refractivity contribution in [2.75, 3.05) is 11.5 Å². The first-order chi connectivity index (χ1) is 16.6. The Labute approximate surface area is 201 Å². The standard InChI is InChI=1S/C24H28N6O5/c1-30-15(5-2-12-3-6-16-20(12)21(25)29-24(26)28-16)11-14-10-13(4-8-18(14)30)22(33)27-17(23(34)35)7-9-19(31)32/h4,8,10-12,17H,2-3,5-7,9H2,1H3,(H,27,33)(H,31,32)(H,34,35)(H4,25,26,28,29)/t12?,17-/m0/s1. The molecule has 2 atom stereocenters. The SMILES string of the molecule is Cn1c(CCC2CCc3nc(N)nc(N)c32)cc2cc(C(=O)N[C@@H](CCC(=O)O)C(=O)O)ccc21. The van der Waals surface area contributed by atoms with Crippen molar-refractivity contribution < 1.29 is 24.6 Å². The first kappa shape index (κ1) is 24.0. The van der Waals surface area contributed by atoms with Gasteiger partial charge in [0, 0.05) is 41.2 Å². The summed E-state index contributed by atoms with van der Waals surface area (Å²) in [7, 11) is 1.96. The molecule has 0 aliphatic heterocycles. The van der Waals surface area contributed by atoms with Gasteiger partial charge in [0.05, 0.1) is 5.69 Å². The lowest BCUT2D eigenvalue weighted by atomic mass is 9.96. The van der Waals surface area contributed by atoms with Crippen LogP contribution in [0.15, 0.2) is 24.3 Å². The number of aliphatic carboxylic acids is 2. The Kier molecular flexibility index (Phi) is 6.59. The van der Waals surface area contributed by atoms with E-state index >= 15 is 0 Å². The normalized spacial score (nSPS) is 15.6. The molecule has 3 aromatic rings. The fraction of sp³-hybridized carbons (Fsp3) is 0.375. The summed E-state index contributed by atoms with van der Waals surface area (Å²) in [6.07, 6.45) is 2.88. The van der Waals surface area contributed by atoms with Gasteiger partial charge in [-0.25, -0.2) is 9.78 Å². The zero-order chi connectivity index (χ0) is 25.3. The number of carboxylic acids is 2. The predicted molar refractivity (Wildman–Crippen MR) is 129 cm³/mol. The number of hydrogen-bond acceptors (Lipinski definition) is 7. The highest BCUT2D eigenvalue weighted by Crippen LogP contribution is 2.38. The van der Waals surface area contributed by atoms with Crippen LogP contribution in [-0.2, 0) is 29.5 Å². The Morgan fingerprint density at radius 1 is 1.20 bits per heavy atom. The molecule has 0 saturated carbocycles. The van der Waals surface area contributed by atoms with Gasteiger partial charge in [-0.1, -0.05) is 0 Å². The van der Waals surface area contributed by atoms with Crippen LogP contribution in [0.25, 0.3) is 10.9 Å². The molecule has 1 unspecified atom stereocenters.